The average Bonchev–Trinajstić information content (AvgIpc) is 3.67. The highest BCUT2D eigenvalue weighted by Crippen LogP contribution is 2.31. The zero-order valence-electron chi connectivity index (χ0n) is 23.6. The maximum absolute atomic E-state index is 4.53. The molecular weight excluding hydrogens is 440 g/mol. The fourth-order valence-corrected chi connectivity index (χ4v) is 6.88. The number of hydrogen-bond donors (Lipinski definition) is 0. The molecule has 0 radical (unpaired) electrons. The summed E-state index contributed by atoms with van der Waals surface area (Å²) in [6, 6.07) is 10.5. The Morgan fingerprint density at radius 3 is 1.69 bits per heavy atom. The molecule has 4 saturated heterocycles. The number of nitrogens with zero attached hydrogens (tertiary/aromatic N) is 4. The highest BCUT2D eigenvalue weighted by Gasteiger charge is 2.31. The zero-order chi connectivity index (χ0) is 25.5. The molecule has 4 nitrogen and oxygen atoms in total. The van der Waals surface area contributed by atoms with Gasteiger partial charge in [0.15, 0.2) is 0 Å². The SMILES string of the molecule is C=C(c1cccc(C(=C)N2CCC(N3CCC(CC)C3)CC2)c1)N1CCC(N2CCCC2)CC1.CC. The van der Waals surface area contributed by atoms with Crippen molar-refractivity contribution in [2.75, 3.05) is 52.4 Å². The van der Waals surface area contributed by atoms with E-state index in [1.165, 1.54) is 100 Å². The topological polar surface area (TPSA) is 13.0 Å². The Bertz CT molecular complexity index is 841. The van der Waals surface area contributed by atoms with E-state index < -0.39 is 0 Å². The van der Waals surface area contributed by atoms with Crippen molar-refractivity contribution >= 4 is 11.4 Å². The standard InChI is InChI=1S/C30H46N4.C2H6/c1-4-26-10-17-34(23-26)30-13-20-32(21-14-30)25(3)28-9-7-8-27(22-28)24(2)31-18-11-29(12-19-31)33-15-5-6-16-33;1-2/h7-9,22,26,29-30H,2-6,10-21,23H2,1H3;1-2H3. The third kappa shape index (κ3) is 6.37. The molecule has 4 heteroatoms. The maximum Gasteiger partial charge on any atom is 0.0367 e. The summed E-state index contributed by atoms with van der Waals surface area (Å²) in [6.45, 7) is 25.2. The molecule has 0 amide bonds. The van der Waals surface area contributed by atoms with E-state index in [0.717, 1.165) is 44.2 Å². The van der Waals surface area contributed by atoms with Crippen molar-refractivity contribution in [2.24, 2.45) is 5.92 Å². The Labute approximate surface area is 222 Å². The summed E-state index contributed by atoms with van der Waals surface area (Å²) in [4.78, 5) is 10.5. The number of benzene rings is 1. The quantitative estimate of drug-likeness (QED) is 0.436. The molecule has 4 heterocycles. The molecule has 4 aliphatic rings. The first-order chi connectivity index (χ1) is 17.6. The van der Waals surface area contributed by atoms with Gasteiger partial charge in [0.2, 0.25) is 0 Å². The molecular formula is C32H52N4. The molecule has 0 bridgehead atoms. The third-order valence-corrected chi connectivity index (χ3v) is 9.29. The molecule has 0 N–H and O–H groups in total. The van der Waals surface area contributed by atoms with Gasteiger partial charge in [-0.3, -0.25) is 4.90 Å². The van der Waals surface area contributed by atoms with Gasteiger partial charge in [0, 0.05) is 56.2 Å². The van der Waals surface area contributed by atoms with Crippen LogP contribution in [0, 0.1) is 5.92 Å². The molecule has 0 spiro atoms. The van der Waals surface area contributed by atoms with Crippen LogP contribution in [0.1, 0.15) is 83.3 Å². The number of piperidine rings is 2. The van der Waals surface area contributed by atoms with Gasteiger partial charge in [-0.05, 0) is 87.7 Å². The maximum atomic E-state index is 4.53. The molecule has 1 aromatic rings. The summed E-state index contributed by atoms with van der Waals surface area (Å²) in [6.07, 6.45) is 10.6. The number of rotatable bonds is 7. The van der Waals surface area contributed by atoms with Crippen LogP contribution in [0.4, 0.5) is 0 Å². The van der Waals surface area contributed by atoms with Crippen LogP contribution in [0.25, 0.3) is 11.4 Å². The van der Waals surface area contributed by atoms with E-state index in [-0.39, 0.29) is 0 Å². The van der Waals surface area contributed by atoms with Gasteiger partial charge < -0.3 is 14.7 Å². The van der Waals surface area contributed by atoms with Gasteiger partial charge in [0.1, 0.15) is 0 Å². The van der Waals surface area contributed by atoms with E-state index in [9.17, 15) is 0 Å². The van der Waals surface area contributed by atoms with Crippen LogP contribution in [0.5, 0.6) is 0 Å². The molecule has 0 saturated carbocycles. The summed E-state index contributed by atoms with van der Waals surface area (Å²) >= 11 is 0. The molecule has 1 unspecified atom stereocenters. The van der Waals surface area contributed by atoms with Gasteiger partial charge in [0.05, 0.1) is 0 Å². The van der Waals surface area contributed by atoms with Crippen molar-refractivity contribution in [3.05, 3.63) is 48.6 Å². The average molecular weight is 493 g/mol. The Hall–Kier alpha value is -1.78. The molecule has 4 fully saturated rings. The summed E-state index contributed by atoms with van der Waals surface area (Å²) in [5.74, 6) is 0.926. The minimum absolute atomic E-state index is 0.773. The summed E-state index contributed by atoms with van der Waals surface area (Å²) in [5, 5.41) is 0. The molecule has 200 valence electrons. The van der Waals surface area contributed by atoms with Crippen LogP contribution >= 0.6 is 0 Å². The van der Waals surface area contributed by atoms with E-state index in [0.29, 0.717) is 0 Å². The van der Waals surface area contributed by atoms with Crippen molar-refractivity contribution < 1.29 is 0 Å². The lowest BCUT2D eigenvalue weighted by Crippen LogP contribution is -2.43. The van der Waals surface area contributed by atoms with Gasteiger partial charge in [0.25, 0.3) is 0 Å². The molecule has 0 aliphatic carbocycles. The summed E-state index contributed by atoms with van der Waals surface area (Å²) in [7, 11) is 0. The fraction of sp³-hybridized carbons (Fsp3) is 0.688. The predicted octanol–water partition coefficient (Wildman–Crippen LogP) is 6.41. The van der Waals surface area contributed by atoms with Crippen LogP contribution in [0.3, 0.4) is 0 Å². The van der Waals surface area contributed by atoms with Crippen molar-refractivity contribution in [1.82, 2.24) is 19.6 Å². The van der Waals surface area contributed by atoms with E-state index in [1.54, 1.807) is 0 Å². The van der Waals surface area contributed by atoms with Crippen molar-refractivity contribution in [1.29, 1.82) is 0 Å². The van der Waals surface area contributed by atoms with Crippen molar-refractivity contribution in [3.63, 3.8) is 0 Å². The highest BCUT2D eigenvalue weighted by atomic mass is 15.2. The van der Waals surface area contributed by atoms with Gasteiger partial charge in [-0.25, -0.2) is 0 Å². The van der Waals surface area contributed by atoms with Gasteiger partial charge in [-0.1, -0.05) is 58.5 Å². The van der Waals surface area contributed by atoms with E-state index in [1.807, 2.05) is 13.8 Å². The van der Waals surface area contributed by atoms with Crippen LogP contribution in [-0.2, 0) is 0 Å². The third-order valence-electron chi connectivity index (χ3n) is 9.29. The van der Waals surface area contributed by atoms with Crippen molar-refractivity contribution in [3.8, 4) is 0 Å². The van der Waals surface area contributed by atoms with Crippen LogP contribution in [0.2, 0.25) is 0 Å². The van der Waals surface area contributed by atoms with Crippen LogP contribution < -0.4 is 0 Å². The van der Waals surface area contributed by atoms with Gasteiger partial charge in [-0.2, -0.15) is 0 Å². The second-order valence-corrected chi connectivity index (χ2v) is 11.2. The van der Waals surface area contributed by atoms with E-state index >= 15 is 0 Å². The second-order valence-electron chi connectivity index (χ2n) is 11.2. The van der Waals surface area contributed by atoms with Gasteiger partial charge in [-0.15, -0.1) is 0 Å². The highest BCUT2D eigenvalue weighted by molar-refractivity contribution is 5.69. The Balaban J connectivity index is 0.00000148. The van der Waals surface area contributed by atoms with Gasteiger partial charge >= 0.3 is 0 Å². The first kappa shape index (κ1) is 27.3. The minimum atomic E-state index is 0.773. The Kier molecular flexibility index (Phi) is 9.95. The smallest absolute Gasteiger partial charge is 0.0367 e. The zero-order valence-corrected chi connectivity index (χ0v) is 23.6. The Morgan fingerprint density at radius 1 is 0.722 bits per heavy atom. The minimum Gasteiger partial charge on any atom is -0.371 e. The molecule has 1 atom stereocenters. The molecule has 4 aliphatic heterocycles. The molecule has 0 aromatic heterocycles. The summed E-state index contributed by atoms with van der Waals surface area (Å²) in [5.41, 5.74) is 4.90. The van der Waals surface area contributed by atoms with E-state index in [4.69, 9.17) is 0 Å². The monoisotopic (exact) mass is 492 g/mol. The predicted molar refractivity (Wildman–Crippen MR) is 156 cm³/mol. The lowest BCUT2D eigenvalue weighted by molar-refractivity contribution is 0.154. The first-order valence-electron chi connectivity index (χ1n) is 15.1. The lowest BCUT2D eigenvalue weighted by atomic mass is 9.99. The van der Waals surface area contributed by atoms with Crippen molar-refractivity contribution in [2.45, 2.75) is 84.2 Å². The normalized spacial score (nSPS) is 24.6. The van der Waals surface area contributed by atoms with E-state index in [2.05, 4.69) is 63.9 Å². The lowest BCUT2D eigenvalue weighted by Gasteiger charge is -2.39. The Morgan fingerprint density at radius 2 is 1.22 bits per heavy atom. The van der Waals surface area contributed by atoms with Crippen LogP contribution in [0.15, 0.2) is 37.4 Å². The molecule has 36 heavy (non-hydrogen) atoms. The molecule has 1 aromatic carbocycles. The second kappa shape index (κ2) is 13.1. The number of likely N-dealkylation sites (tertiary alicyclic amines) is 4. The first-order valence-corrected chi connectivity index (χ1v) is 15.1. The molecule has 5 rings (SSSR count). The number of hydrogen-bond acceptors (Lipinski definition) is 4. The summed E-state index contributed by atoms with van der Waals surface area (Å²) < 4.78 is 0. The fourth-order valence-electron chi connectivity index (χ4n) is 6.88. The van der Waals surface area contributed by atoms with Crippen LogP contribution in [-0.4, -0.2) is 84.0 Å². The largest absolute Gasteiger partial charge is 0.371 e.